The van der Waals surface area contributed by atoms with E-state index in [1.54, 1.807) is 7.11 Å². The first-order chi connectivity index (χ1) is 10.3. The topological polar surface area (TPSA) is 39.7 Å². The van der Waals surface area contributed by atoms with Gasteiger partial charge < -0.3 is 19.5 Å². The summed E-state index contributed by atoms with van der Waals surface area (Å²) in [5.41, 5.74) is 0. The van der Waals surface area contributed by atoms with E-state index in [1.165, 1.54) is 4.90 Å². The Kier molecular flexibility index (Phi) is 4.74. The van der Waals surface area contributed by atoms with E-state index in [4.69, 9.17) is 14.2 Å². The van der Waals surface area contributed by atoms with Crippen LogP contribution in [-0.4, -0.2) is 44.5 Å². The summed E-state index contributed by atoms with van der Waals surface area (Å²) in [6.07, 6.45) is 2.96. The molecule has 1 saturated heterocycles. The maximum atomic E-state index is 5.90. The number of rotatable bonds is 4. The van der Waals surface area contributed by atoms with E-state index < -0.39 is 0 Å². The van der Waals surface area contributed by atoms with Gasteiger partial charge in [0.05, 0.1) is 20.3 Å². The molecule has 0 bridgehead atoms. The SMILES string of the molecule is CNC1CCC2(CC1Sc1ccccc1OC)OCCO2. The molecule has 5 heteroatoms. The quantitative estimate of drug-likeness (QED) is 0.926. The van der Waals surface area contributed by atoms with Crippen molar-refractivity contribution in [2.24, 2.45) is 0 Å². The molecular formula is C16H23NO3S. The molecule has 3 rings (SSSR count). The molecule has 1 aliphatic carbocycles. The molecule has 1 aromatic carbocycles. The van der Waals surface area contributed by atoms with E-state index in [2.05, 4.69) is 17.4 Å². The summed E-state index contributed by atoms with van der Waals surface area (Å²) < 4.78 is 17.3. The van der Waals surface area contributed by atoms with Gasteiger partial charge in [0.25, 0.3) is 0 Å². The monoisotopic (exact) mass is 309 g/mol. The maximum absolute atomic E-state index is 5.90. The molecule has 1 spiro atoms. The van der Waals surface area contributed by atoms with Gasteiger partial charge in [0.2, 0.25) is 0 Å². The second-order valence-corrected chi connectivity index (χ2v) is 6.83. The van der Waals surface area contributed by atoms with E-state index in [0.29, 0.717) is 11.3 Å². The van der Waals surface area contributed by atoms with Gasteiger partial charge >= 0.3 is 0 Å². The minimum atomic E-state index is -0.354. The van der Waals surface area contributed by atoms with E-state index in [1.807, 2.05) is 30.9 Å². The average molecular weight is 309 g/mol. The minimum absolute atomic E-state index is 0.354. The van der Waals surface area contributed by atoms with Crippen LogP contribution in [0.2, 0.25) is 0 Å². The largest absolute Gasteiger partial charge is 0.496 e. The van der Waals surface area contributed by atoms with Crippen molar-refractivity contribution in [3.63, 3.8) is 0 Å². The van der Waals surface area contributed by atoms with Crippen LogP contribution in [0.15, 0.2) is 29.2 Å². The second-order valence-electron chi connectivity index (χ2n) is 5.55. The summed E-state index contributed by atoms with van der Waals surface area (Å²) in [6, 6.07) is 8.66. The summed E-state index contributed by atoms with van der Waals surface area (Å²) in [5, 5.41) is 3.86. The number of thioether (sulfide) groups is 1. The summed E-state index contributed by atoms with van der Waals surface area (Å²) in [5.74, 6) is 0.581. The van der Waals surface area contributed by atoms with Gasteiger partial charge in [-0.2, -0.15) is 0 Å². The number of methoxy groups -OCH3 is 1. The van der Waals surface area contributed by atoms with Crippen molar-refractivity contribution in [2.75, 3.05) is 27.4 Å². The van der Waals surface area contributed by atoms with Gasteiger partial charge in [-0.3, -0.25) is 0 Å². The summed E-state index contributed by atoms with van der Waals surface area (Å²) in [7, 11) is 3.76. The molecule has 2 atom stereocenters. The van der Waals surface area contributed by atoms with Crippen LogP contribution in [0.1, 0.15) is 19.3 Å². The lowest BCUT2D eigenvalue weighted by Gasteiger charge is -2.40. The highest BCUT2D eigenvalue weighted by Crippen LogP contribution is 2.44. The number of para-hydroxylation sites is 1. The van der Waals surface area contributed by atoms with Crippen molar-refractivity contribution < 1.29 is 14.2 Å². The average Bonchev–Trinajstić information content (AvgIpc) is 2.96. The fraction of sp³-hybridized carbons (Fsp3) is 0.625. The molecule has 0 aromatic heterocycles. The standard InChI is InChI=1S/C16H23NO3S/c1-17-12-7-8-16(19-9-10-20-16)11-15(12)21-14-6-4-3-5-13(14)18-2/h3-6,12,15,17H,7-11H2,1-2H3. The highest BCUT2D eigenvalue weighted by Gasteiger charge is 2.45. The van der Waals surface area contributed by atoms with Crippen LogP contribution in [0.25, 0.3) is 0 Å². The van der Waals surface area contributed by atoms with Crippen LogP contribution in [-0.2, 0) is 9.47 Å². The smallest absolute Gasteiger partial charge is 0.169 e. The maximum Gasteiger partial charge on any atom is 0.169 e. The van der Waals surface area contributed by atoms with E-state index in [0.717, 1.165) is 38.2 Å². The number of hydrogen-bond donors (Lipinski definition) is 1. The molecule has 1 saturated carbocycles. The summed E-state index contributed by atoms with van der Waals surface area (Å²) in [4.78, 5) is 1.18. The van der Waals surface area contributed by atoms with E-state index in [-0.39, 0.29) is 5.79 Å². The molecule has 4 nitrogen and oxygen atoms in total. The molecule has 116 valence electrons. The van der Waals surface area contributed by atoms with Gasteiger partial charge in [0.1, 0.15) is 5.75 Å². The Balaban J connectivity index is 1.77. The summed E-state index contributed by atoms with van der Waals surface area (Å²) in [6.45, 7) is 1.44. The molecule has 1 aromatic rings. The Labute approximate surface area is 130 Å². The molecule has 0 amide bonds. The van der Waals surface area contributed by atoms with Crippen molar-refractivity contribution >= 4 is 11.8 Å². The second kappa shape index (κ2) is 6.57. The first kappa shape index (κ1) is 15.2. The first-order valence-corrected chi connectivity index (χ1v) is 8.39. The lowest BCUT2D eigenvalue weighted by atomic mass is 9.89. The van der Waals surface area contributed by atoms with Crippen LogP contribution in [0.4, 0.5) is 0 Å². The Hall–Kier alpha value is -0.750. The third-order valence-corrected chi connectivity index (χ3v) is 5.72. The molecule has 1 aliphatic heterocycles. The predicted octanol–water partition coefficient (Wildman–Crippen LogP) is 2.67. The molecule has 2 fully saturated rings. The van der Waals surface area contributed by atoms with Crippen molar-refractivity contribution in [3.8, 4) is 5.75 Å². The van der Waals surface area contributed by atoms with Gasteiger partial charge in [-0.05, 0) is 25.6 Å². The van der Waals surface area contributed by atoms with Gasteiger partial charge in [0, 0.05) is 29.0 Å². The minimum Gasteiger partial charge on any atom is -0.496 e. The summed E-state index contributed by atoms with van der Waals surface area (Å²) >= 11 is 1.86. The molecule has 2 aliphatic rings. The van der Waals surface area contributed by atoms with Crippen LogP contribution < -0.4 is 10.1 Å². The molecular weight excluding hydrogens is 286 g/mol. The number of hydrogen-bond acceptors (Lipinski definition) is 5. The molecule has 1 N–H and O–H groups in total. The van der Waals surface area contributed by atoms with Gasteiger partial charge in [-0.15, -0.1) is 11.8 Å². The molecule has 2 unspecified atom stereocenters. The predicted molar refractivity (Wildman–Crippen MR) is 84.0 cm³/mol. The Morgan fingerprint density at radius 2 is 2.05 bits per heavy atom. The highest BCUT2D eigenvalue weighted by molar-refractivity contribution is 8.00. The van der Waals surface area contributed by atoms with Crippen molar-refractivity contribution in [3.05, 3.63) is 24.3 Å². The van der Waals surface area contributed by atoms with Crippen LogP contribution >= 0.6 is 11.8 Å². The zero-order valence-corrected chi connectivity index (χ0v) is 13.4. The van der Waals surface area contributed by atoms with E-state index >= 15 is 0 Å². The van der Waals surface area contributed by atoms with Crippen LogP contribution in [0.3, 0.4) is 0 Å². The lowest BCUT2D eigenvalue weighted by molar-refractivity contribution is -0.177. The Morgan fingerprint density at radius 1 is 1.29 bits per heavy atom. The van der Waals surface area contributed by atoms with Gasteiger partial charge in [-0.25, -0.2) is 0 Å². The highest BCUT2D eigenvalue weighted by atomic mass is 32.2. The number of nitrogens with one attached hydrogen (secondary N) is 1. The number of ether oxygens (including phenoxy) is 3. The molecule has 21 heavy (non-hydrogen) atoms. The van der Waals surface area contributed by atoms with Gasteiger partial charge in [-0.1, -0.05) is 12.1 Å². The van der Waals surface area contributed by atoms with Gasteiger partial charge in [0.15, 0.2) is 5.79 Å². The Bertz CT molecular complexity index is 476. The van der Waals surface area contributed by atoms with Crippen molar-refractivity contribution in [1.29, 1.82) is 0 Å². The lowest BCUT2D eigenvalue weighted by Crippen LogP contribution is -2.48. The van der Waals surface area contributed by atoms with Crippen LogP contribution in [0, 0.1) is 0 Å². The van der Waals surface area contributed by atoms with Crippen molar-refractivity contribution in [2.45, 2.75) is 41.2 Å². The molecule has 0 radical (unpaired) electrons. The Morgan fingerprint density at radius 3 is 2.76 bits per heavy atom. The third kappa shape index (κ3) is 3.21. The normalized spacial score (nSPS) is 27.9. The third-order valence-electron chi connectivity index (χ3n) is 4.33. The van der Waals surface area contributed by atoms with Crippen LogP contribution in [0.5, 0.6) is 5.75 Å². The fourth-order valence-corrected chi connectivity index (χ4v) is 4.73. The van der Waals surface area contributed by atoms with Crippen molar-refractivity contribution in [1.82, 2.24) is 5.32 Å². The zero-order chi connectivity index (χ0) is 14.7. The van der Waals surface area contributed by atoms with E-state index in [9.17, 15) is 0 Å². The molecule has 1 heterocycles. The first-order valence-electron chi connectivity index (χ1n) is 7.51. The number of benzene rings is 1. The fourth-order valence-electron chi connectivity index (χ4n) is 3.20. The zero-order valence-electron chi connectivity index (χ0n) is 12.6.